The fraction of sp³-hybridized carbons (Fsp3) is 0.550. The molecule has 1 aromatic carbocycles. The molecule has 0 spiro atoms. The summed E-state index contributed by atoms with van der Waals surface area (Å²) < 4.78 is 1.27. The van der Waals surface area contributed by atoms with Gasteiger partial charge in [0.25, 0.3) is 0 Å². The molecule has 3 nitrogen and oxygen atoms in total. The summed E-state index contributed by atoms with van der Waals surface area (Å²) in [6.45, 7) is 2.43. The van der Waals surface area contributed by atoms with Gasteiger partial charge in [-0.25, -0.2) is 0 Å². The first-order valence-electron chi connectivity index (χ1n) is 9.30. The van der Waals surface area contributed by atoms with Gasteiger partial charge in [-0.1, -0.05) is 25.0 Å². The second-order valence-corrected chi connectivity index (χ2v) is 8.14. The van der Waals surface area contributed by atoms with Crippen LogP contribution in [-0.2, 0) is 11.2 Å². The van der Waals surface area contributed by atoms with E-state index in [9.17, 15) is 4.79 Å². The molecule has 24 heavy (non-hydrogen) atoms. The Hall–Kier alpha value is -1.39. The summed E-state index contributed by atoms with van der Waals surface area (Å²) in [6.07, 6.45) is 8.06. The third kappa shape index (κ3) is 3.35. The lowest BCUT2D eigenvalue weighted by Gasteiger charge is -2.38. The summed E-state index contributed by atoms with van der Waals surface area (Å²) in [7, 11) is 0. The van der Waals surface area contributed by atoms with Crippen LogP contribution in [-0.4, -0.2) is 36.0 Å². The van der Waals surface area contributed by atoms with Crippen LogP contribution >= 0.6 is 11.3 Å². The molecule has 1 saturated carbocycles. The first kappa shape index (κ1) is 16.1. The average Bonchev–Trinajstić information content (AvgIpc) is 3.27. The van der Waals surface area contributed by atoms with Crippen molar-refractivity contribution in [2.24, 2.45) is 0 Å². The summed E-state index contributed by atoms with van der Waals surface area (Å²) in [4.78, 5) is 15.3. The van der Waals surface area contributed by atoms with Crippen LogP contribution in [0.1, 0.15) is 44.1 Å². The predicted octanol–water partition coefficient (Wildman–Crippen LogP) is 3.97. The molecule has 0 bridgehead atoms. The van der Waals surface area contributed by atoms with E-state index in [0.717, 1.165) is 12.0 Å². The monoisotopic (exact) mass is 342 g/mol. The van der Waals surface area contributed by atoms with Crippen LogP contribution in [0, 0.1) is 0 Å². The lowest BCUT2D eigenvalue weighted by molar-refractivity contribution is -0.121. The molecular weight excluding hydrogens is 316 g/mol. The predicted molar refractivity (Wildman–Crippen MR) is 101 cm³/mol. The normalized spacial score (nSPS) is 25.2. The van der Waals surface area contributed by atoms with Gasteiger partial charge in [-0.2, -0.15) is 0 Å². The summed E-state index contributed by atoms with van der Waals surface area (Å²) in [5.41, 5.74) is 1.15. The largest absolute Gasteiger partial charge is 0.352 e. The number of hydrogen-bond acceptors (Lipinski definition) is 3. The van der Waals surface area contributed by atoms with E-state index in [0.29, 0.717) is 18.5 Å². The van der Waals surface area contributed by atoms with Crippen LogP contribution in [0.25, 0.3) is 10.1 Å². The van der Waals surface area contributed by atoms with Crippen molar-refractivity contribution in [2.45, 2.75) is 57.0 Å². The highest BCUT2D eigenvalue weighted by atomic mass is 32.1. The second kappa shape index (κ2) is 7.24. The highest BCUT2D eigenvalue weighted by molar-refractivity contribution is 7.17. The lowest BCUT2D eigenvalue weighted by atomic mass is 9.89. The summed E-state index contributed by atoms with van der Waals surface area (Å²) in [5, 5.41) is 6.72. The molecule has 1 aliphatic heterocycles. The summed E-state index contributed by atoms with van der Waals surface area (Å²) in [6, 6.07) is 9.32. The Morgan fingerprint density at radius 3 is 2.83 bits per heavy atom. The minimum Gasteiger partial charge on any atom is -0.352 e. The Kier molecular flexibility index (Phi) is 4.86. The van der Waals surface area contributed by atoms with E-state index in [-0.39, 0.29) is 5.91 Å². The van der Waals surface area contributed by atoms with E-state index < -0.39 is 0 Å². The molecule has 2 atom stereocenters. The fourth-order valence-electron chi connectivity index (χ4n) is 4.43. The van der Waals surface area contributed by atoms with Crippen LogP contribution < -0.4 is 5.32 Å². The number of thiophene rings is 1. The van der Waals surface area contributed by atoms with Crippen LogP contribution in [0.4, 0.5) is 0 Å². The number of rotatable bonds is 4. The van der Waals surface area contributed by atoms with Gasteiger partial charge in [0.2, 0.25) is 5.91 Å². The van der Waals surface area contributed by atoms with Crippen molar-refractivity contribution in [1.29, 1.82) is 0 Å². The van der Waals surface area contributed by atoms with Crippen molar-refractivity contribution in [2.75, 3.05) is 13.1 Å². The standard InChI is InChI=1S/C20H26N2OS/c23-20(14-15-6-5-9-19-16(15)10-13-24-19)21-17-7-1-2-8-18(17)22-11-3-4-12-22/h5-6,9-10,13,17-18H,1-4,7-8,11-12,14H2,(H,21,23). The van der Waals surface area contributed by atoms with Gasteiger partial charge in [0.1, 0.15) is 0 Å². The smallest absolute Gasteiger partial charge is 0.224 e. The molecule has 4 heteroatoms. The van der Waals surface area contributed by atoms with E-state index in [1.54, 1.807) is 11.3 Å². The van der Waals surface area contributed by atoms with Crippen LogP contribution in [0.5, 0.6) is 0 Å². The molecule has 1 aliphatic carbocycles. The zero-order valence-corrected chi connectivity index (χ0v) is 15.0. The van der Waals surface area contributed by atoms with Gasteiger partial charge in [-0.05, 0) is 67.2 Å². The molecule has 2 unspecified atom stereocenters. The lowest BCUT2D eigenvalue weighted by Crippen LogP contribution is -2.52. The summed E-state index contributed by atoms with van der Waals surface area (Å²) >= 11 is 1.74. The minimum atomic E-state index is 0.185. The van der Waals surface area contributed by atoms with E-state index in [1.807, 2.05) is 0 Å². The van der Waals surface area contributed by atoms with Crippen molar-refractivity contribution in [3.05, 3.63) is 35.2 Å². The first-order chi connectivity index (χ1) is 11.8. The van der Waals surface area contributed by atoms with Gasteiger partial charge in [0.15, 0.2) is 0 Å². The zero-order chi connectivity index (χ0) is 16.4. The van der Waals surface area contributed by atoms with Crippen molar-refractivity contribution < 1.29 is 4.79 Å². The van der Waals surface area contributed by atoms with Crippen molar-refractivity contribution in [3.63, 3.8) is 0 Å². The molecule has 2 aliphatic rings. The zero-order valence-electron chi connectivity index (χ0n) is 14.2. The molecule has 2 fully saturated rings. The Bertz CT molecular complexity index is 704. The van der Waals surface area contributed by atoms with E-state index in [4.69, 9.17) is 0 Å². The Morgan fingerprint density at radius 2 is 1.96 bits per heavy atom. The molecule has 1 N–H and O–H groups in total. The SMILES string of the molecule is O=C(Cc1cccc2sccc12)NC1CCCCC1N1CCCC1. The maximum atomic E-state index is 12.7. The first-order valence-corrected chi connectivity index (χ1v) is 10.2. The molecular formula is C20H26N2OS. The number of likely N-dealkylation sites (tertiary alicyclic amines) is 1. The van der Waals surface area contributed by atoms with Gasteiger partial charge in [-0.3, -0.25) is 9.69 Å². The highest BCUT2D eigenvalue weighted by Crippen LogP contribution is 2.27. The van der Waals surface area contributed by atoms with E-state index in [2.05, 4.69) is 39.9 Å². The highest BCUT2D eigenvalue weighted by Gasteiger charge is 2.32. The Morgan fingerprint density at radius 1 is 1.12 bits per heavy atom. The number of fused-ring (bicyclic) bond motifs is 1. The molecule has 128 valence electrons. The molecule has 2 heterocycles. The third-order valence-electron chi connectivity index (χ3n) is 5.62. The van der Waals surface area contributed by atoms with Gasteiger partial charge in [0, 0.05) is 16.8 Å². The van der Waals surface area contributed by atoms with Crippen LogP contribution in [0.15, 0.2) is 29.6 Å². The summed E-state index contributed by atoms with van der Waals surface area (Å²) in [5.74, 6) is 0.185. The van der Waals surface area contributed by atoms with Gasteiger partial charge in [-0.15, -0.1) is 11.3 Å². The quantitative estimate of drug-likeness (QED) is 0.912. The molecule has 0 radical (unpaired) electrons. The fourth-order valence-corrected chi connectivity index (χ4v) is 5.27. The molecule has 1 aromatic heterocycles. The molecule has 4 rings (SSSR count). The average molecular weight is 343 g/mol. The van der Waals surface area contributed by atoms with Crippen molar-refractivity contribution in [3.8, 4) is 0 Å². The number of nitrogens with one attached hydrogen (secondary N) is 1. The van der Waals surface area contributed by atoms with Crippen molar-refractivity contribution >= 4 is 27.3 Å². The molecule has 1 amide bonds. The molecule has 1 saturated heterocycles. The minimum absolute atomic E-state index is 0.185. The second-order valence-electron chi connectivity index (χ2n) is 7.20. The number of carbonyl (C=O) groups excluding carboxylic acids is 1. The van der Waals surface area contributed by atoms with Crippen molar-refractivity contribution in [1.82, 2.24) is 10.2 Å². The van der Waals surface area contributed by atoms with Crippen LogP contribution in [0.3, 0.4) is 0 Å². The Labute approximate surface area is 148 Å². The number of benzene rings is 1. The number of hydrogen-bond donors (Lipinski definition) is 1. The third-order valence-corrected chi connectivity index (χ3v) is 6.50. The van der Waals surface area contributed by atoms with E-state index in [1.165, 1.54) is 55.3 Å². The van der Waals surface area contributed by atoms with Crippen LogP contribution in [0.2, 0.25) is 0 Å². The number of carbonyl (C=O) groups is 1. The maximum Gasteiger partial charge on any atom is 0.224 e. The Balaban J connectivity index is 1.43. The topological polar surface area (TPSA) is 32.3 Å². The van der Waals surface area contributed by atoms with E-state index >= 15 is 0 Å². The van der Waals surface area contributed by atoms with Gasteiger partial charge < -0.3 is 5.32 Å². The van der Waals surface area contributed by atoms with Gasteiger partial charge in [0.05, 0.1) is 6.42 Å². The number of amides is 1. The van der Waals surface area contributed by atoms with Gasteiger partial charge >= 0.3 is 0 Å². The number of nitrogens with zero attached hydrogens (tertiary/aromatic N) is 1. The molecule has 2 aromatic rings. The maximum absolute atomic E-state index is 12.7.